The Morgan fingerprint density at radius 2 is 1.79 bits per heavy atom. The van der Waals surface area contributed by atoms with Gasteiger partial charge in [0.15, 0.2) is 0 Å². The van der Waals surface area contributed by atoms with E-state index < -0.39 is 7.60 Å². The molecular weight excluding hydrogens is 329 g/mol. The SMILES string of the molecule is CCOC(=O)Cc1[nH]c2ccc(C)cc2c1P(=O)(OCC)OCC. The van der Waals surface area contributed by atoms with Gasteiger partial charge in [-0.25, -0.2) is 0 Å². The number of carbonyl (C=O) groups excluding carboxylic acids is 1. The Balaban J connectivity index is 2.64. The number of benzene rings is 1. The molecule has 0 saturated carbocycles. The van der Waals surface area contributed by atoms with E-state index in [-0.39, 0.29) is 25.6 Å². The molecule has 0 amide bonds. The van der Waals surface area contributed by atoms with Gasteiger partial charge in [-0.05, 0) is 39.8 Å². The van der Waals surface area contributed by atoms with Crippen LogP contribution in [0, 0.1) is 6.92 Å². The smallest absolute Gasteiger partial charge is 0.363 e. The lowest BCUT2D eigenvalue weighted by Crippen LogP contribution is -2.18. The van der Waals surface area contributed by atoms with Crippen LogP contribution in [0.4, 0.5) is 0 Å². The molecule has 0 fully saturated rings. The van der Waals surface area contributed by atoms with Crippen molar-refractivity contribution in [2.24, 2.45) is 0 Å². The van der Waals surface area contributed by atoms with Gasteiger partial charge in [-0.15, -0.1) is 0 Å². The van der Waals surface area contributed by atoms with Crippen LogP contribution < -0.4 is 5.30 Å². The highest BCUT2D eigenvalue weighted by Crippen LogP contribution is 2.49. The predicted octanol–water partition coefficient (Wildman–Crippen LogP) is 3.47. The lowest BCUT2D eigenvalue weighted by atomic mass is 10.2. The minimum absolute atomic E-state index is 0.0129. The van der Waals surface area contributed by atoms with Gasteiger partial charge in [0.05, 0.1) is 31.5 Å². The van der Waals surface area contributed by atoms with Crippen LogP contribution >= 0.6 is 7.60 Å². The molecule has 0 aliphatic heterocycles. The quantitative estimate of drug-likeness (QED) is 0.581. The number of hydrogen-bond acceptors (Lipinski definition) is 5. The summed E-state index contributed by atoms with van der Waals surface area (Å²) in [5, 5.41) is 1.18. The molecule has 0 saturated heterocycles. The normalized spacial score (nSPS) is 11.8. The number of ether oxygens (including phenoxy) is 1. The molecular formula is C17H24NO5P. The third kappa shape index (κ3) is 3.89. The summed E-state index contributed by atoms with van der Waals surface area (Å²) in [7, 11) is -3.54. The monoisotopic (exact) mass is 353 g/mol. The van der Waals surface area contributed by atoms with Gasteiger partial charge >= 0.3 is 13.6 Å². The highest BCUT2D eigenvalue weighted by Gasteiger charge is 2.34. The number of carbonyl (C=O) groups is 1. The lowest BCUT2D eigenvalue weighted by molar-refractivity contribution is -0.142. The van der Waals surface area contributed by atoms with Crippen LogP contribution in [0.3, 0.4) is 0 Å². The molecule has 0 atom stereocenters. The van der Waals surface area contributed by atoms with Gasteiger partial charge in [-0.3, -0.25) is 9.36 Å². The highest BCUT2D eigenvalue weighted by atomic mass is 31.2. The molecule has 132 valence electrons. The van der Waals surface area contributed by atoms with Gasteiger partial charge in [0, 0.05) is 16.6 Å². The first-order valence-corrected chi connectivity index (χ1v) is 9.65. The maximum atomic E-state index is 13.3. The molecule has 0 bridgehead atoms. The fourth-order valence-electron chi connectivity index (χ4n) is 2.65. The van der Waals surface area contributed by atoms with Crippen LogP contribution in [0.25, 0.3) is 10.9 Å². The van der Waals surface area contributed by atoms with Gasteiger partial charge in [-0.1, -0.05) is 11.6 Å². The van der Waals surface area contributed by atoms with Crippen molar-refractivity contribution in [2.45, 2.75) is 34.1 Å². The van der Waals surface area contributed by atoms with E-state index in [0.717, 1.165) is 16.5 Å². The standard InChI is InChI=1S/C17H24NO5P/c1-5-21-16(19)11-15-17(24(20,22-6-2)23-7-3)13-10-12(4)8-9-14(13)18-15/h8-10,18H,5-7,11H2,1-4H3. The Labute approximate surface area is 142 Å². The zero-order chi connectivity index (χ0) is 17.7. The average molecular weight is 353 g/mol. The van der Waals surface area contributed by atoms with Crippen LogP contribution in [0.2, 0.25) is 0 Å². The van der Waals surface area contributed by atoms with Crippen LogP contribution in [0.5, 0.6) is 0 Å². The summed E-state index contributed by atoms with van der Waals surface area (Å²) >= 11 is 0. The van der Waals surface area contributed by atoms with E-state index in [1.165, 1.54) is 0 Å². The summed E-state index contributed by atoms with van der Waals surface area (Å²) in [6.07, 6.45) is -0.0129. The fourth-order valence-corrected chi connectivity index (χ4v) is 4.61. The minimum atomic E-state index is -3.54. The topological polar surface area (TPSA) is 77.6 Å². The van der Waals surface area contributed by atoms with E-state index >= 15 is 0 Å². The first kappa shape index (κ1) is 18.7. The molecule has 0 unspecified atom stereocenters. The number of hydrogen-bond donors (Lipinski definition) is 1. The van der Waals surface area contributed by atoms with Gasteiger partial charge in [-0.2, -0.15) is 0 Å². The summed E-state index contributed by atoms with van der Waals surface area (Å²) in [5.41, 5.74) is 2.32. The molecule has 1 N–H and O–H groups in total. The number of fused-ring (bicyclic) bond motifs is 1. The number of aromatic amines is 1. The lowest BCUT2D eigenvalue weighted by Gasteiger charge is -2.18. The number of aryl methyl sites for hydroxylation is 1. The number of aromatic nitrogens is 1. The molecule has 0 aliphatic rings. The minimum Gasteiger partial charge on any atom is -0.466 e. The fraction of sp³-hybridized carbons (Fsp3) is 0.471. The number of rotatable bonds is 8. The van der Waals surface area contributed by atoms with Crippen molar-refractivity contribution in [2.75, 3.05) is 19.8 Å². The second-order valence-electron chi connectivity index (χ2n) is 5.32. The number of esters is 1. The molecule has 0 radical (unpaired) electrons. The van der Waals surface area contributed by atoms with Crippen molar-refractivity contribution in [1.82, 2.24) is 4.98 Å². The second-order valence-corrected chi connectivity index (χ2v) is 7.27. The molecule has 2 rings (SSSR count). The van der Waals surface area contributed by atoms with E-state index in [2.05, 4.69) is 4.98 Å². The van der Waals surface area contributed by atoms with Crippen molar-refractivity contribution in [3.8, 4) is 0 Å². The van der Waals surface area contributed by atoms with Crippen LogP contribution in [0.15, 0.2) is 18.2 Å². The Hall–Kier alpha value is -1.62. The van der Waals surface area contributed by atoms with E-state index in [1.54, 1.807) is 20.8 Å². The first-order chi connectivity index (χ1) is 11.4. The Bertz CT molecular complexity index is 758. The van der Waals surface area contributed by atoms with Crippen molar-refractivity contribution in [3.63, 3.8) is 0 Å². The molecule has 1 aromatic heterocycles. The van der Waals surface area contributed by atoms with Crippen molar-refractivity contribution < 1.29 is 23.1 Å². The van der Waals surface area contributed by atoms with Crippen molar-refractivity contribution in [1.29, 1.82) is 0 Å². The Kier molecular flexibility index (Phi) is 6.21. The van der Waals surface area contributed by atoms with E-state index in [1.807, 2.05) is 25.1 Å². The first-order valence-electron chi connectivity index (χ1n) is 8.11. The summed E-state index contributed by atoms with van der Waals surface area (Å²) in [4.78, 5) is 15.1. The average Bonchev–Trinajstić information content (AvgIpc) is 2.85. The van der Waals surface area contributed by atoms with Crippen LogP contribution in [0.1, 0.15) is 32.0 Å². The molecule has 2 aromatic rings. The summed E-state index contributed by atoms with van der Waals surface area (Å²) in [6, 6.07) is 5.76. The van der Waals surface area contributed by atoms with Gasteiger partial charge < -0.3 is 18.8 Å². The summed E-state index contributed by atoms with van der Waals surface area (Å²) < 4.78 is 29.4. The van der Waals surface area contributed by atoms with E-state index in [4.69, 9.17) is 13.8 Å². The maximum absolute atomic E-state index is 13.3. The summed E-state index contributed by atoms with van der Waals surface area (Å²) in [5.74, 6) is -0.387. The van der Waals surface area contributed by atoms with E-state index in [0.29, 0.717) is 17.6 Å². The highest BCUT2D eigenvalue weighted by molar-refractivity contribution is 7.62. The maximum Gasteiger partial charge on any atom is 0.363 e. The van der Waals surface area contributed by atoms with E-state index in [9.17, 15) is 9.36 Å². The molecule has 24 heavy (non-hydrogen) atoms. The van der Waals surface area contributed by atoms with Gasteiger partial charge in [0.2, 0.25) is 0 Å². The second kappa shape index (κ2) is 7.97. The molecule has 1 aromatic carbocycles. The van der Waals surface area contributed by atoms with Crippen molar-refractivity contribution in [3.05, 3.63) is 29.5 Å². The zero-order valence-electron chi connectivity index (χ0n) is 14.5. The number of nitrogens with one attached hydrogen (secondary N) is 1. The molecule has 6 nitrogen and oxygen atoms in total. The van der Waals surface area contributed by atoms with Gasteiger partial charge in [0.25, 0.3) is 0 Å². The number of H-pyrrole nitrogens is 1. The predicted molar refractivity (Wildman–Crippen MR) is 93.9 cm³/mol. The van der Waals surface area contributed by atoms with Crippen LogP contribution in [-0.2, 0) is 29.6 Å². The third-order valence-electron chi connectivity index (χ3n) is 3.50. The Morgan fingerprint density at radius 1 is 1.12 bits per heavy atom. The van der Waals surface area contributed by atoms with Crippen molar-refractivity contribution >= 4 is 29.8 Å². The Morgan fingerprint density at radius 3 is 2.38 bits per heavy atom. The molecule has 1 heterocycles. The van der Waals surface area contributed by atoms with Gasteiger partial charge in [0.1, 0.15) is 0 Å². The van der Waals surface area contributed by atoms with Crippen LogP contribution in [-0.4, -0.2) is 30.8 Å². The molecule has 0 aliphatic carbocycles. The summed E-state index contributed by atoms with van der Waals surface area (Å²) in [6.45, 7) is 8.01. The largest absolute Gasteiger partial charge is 0.466 e. The zero-order valence-corrected chi connectivity index (χ0v) is 15.4. The third-order valence-corrected chi connectivity index (χ3v) is 5.75. The molecule has 0 spiro atoms. The molecule has 7 heteroatoms.